The van der Waals surface area contributed by atoms with Crippen molar-refractivity contribution in [3.05, 3.63) is 35.9 Å². The maximum absolute atomic E-state index is 11.8. The Kier molecular flexibility index (Phi) is 12.7. The summed E-state index contributed by atoms with van der Waals surface area (Å²) in [5, 5.41) is 0. The highest BCUT2D eigenvalue weighted by molar-refractivity contribution is 6.20. The highest BCUT2D eigenvalue weighted by Crippen LogP contribution is 2.14. The highest BCUT2D eigenvalue weighted by Gasteiger charge is 2.15. The molecule has 0 radical (unpaired) electrons. The van der Waals surface area contributed by atoms with Crippen molar-refractivity contribution in [1.29, 1.82) is 0 Å². The van der Waals surface area contributed by atoms with Gasteiger partial charge in [0, 0.05) is 19.3 Å². The molecule has 0 saturated carbocycles. The molecule has 4 nitrogen and oxygen atoms in total. The quantitative estimate of drug-likeness (QED) is 0.192. The van der Waals surface area contributed by atoms with Gasteiger partial charge in [-0.05, 0) is 39.2 Å². The lowest BCUT2D eigenvalue weighted by molar-refractivity contribution is -0.155. The van der Waals surface area contributed by atoms with Gasteiger partial charge in [0.1, 0.15) is 5.60 Å². The summed E-state index contributed by atoms with van der Waals surface area (Å²) in [6.45, 7) is 5.68. The van der Waals surface area contributed by atoms with Crippen LogP contribution in [0.25, 0.3) is 0 Å². The topological polar surface area (TPSA) is 52.6 Å². The van der Waals surface area contributed by atoms with Crippen LogP contribution < -0.4 is 0 Å². The van der Waals surface area contributed by atoms with Crippen LogP contribution in [0.3, 0.4) is 0 Å². The minimum atomic E-state index is -0.606. The van der Waals surface area contributed by atoms with Crippen molar-refractivity contribution in [1.82, 2.24) is 0 Å². The molecule has 0 spiro atoms. The van der Waals surface area contributed by atoms with E-state index in [0.29, 0.717) is 19.3 Å². The molecule has 0 saturated heterocycles. The third-order valence-electron chi connectivity index (χ3n) is 4.43. The maximum Gasteiger partial charge on any atom is 0.307 e. The smallest absolute Gasteiger partial charge is 0.307 e. The number of carbonyl (C=O) groups is 2. The van der Waals surface area contributed by atoms with Gasteiger partial charge in [0.25, 0.3) is 0 Å². The van der Waals surface area contributed by atoms with E-state index in [-0.39, 0.29) is 11.9 Å². The summed E-state index contributed by atoms with van der Waals surface area (Å²) < 4.78 is 10.6. The Morgan fingerprint density at radius 3 is 1.83 bits per heavy atom. The Morgan fingerprint density at radius 1 is 0.828 bits per heavy atom. The summed E-state index contributed by atoms with van der Waals surface area (Å²) in [5.74, 6) is -0.324. The summed E-state index contributed by atoms with van der Waals surface area (Å²) in [6, 6.07) is 9.79. The zero-order valence-electron chi connectivity index (χ0n) is 18.3. The molecule has 164 valence electrons. The summed E-state index contributed by atoms with van der Waals surface area (Å²) in [4.78, 5) is 23.5. The lowest BCUT2D eigenvalue weighted by Crippen LogP contribution is -2.23. The van der Waals surface area contributed by atoms with Gasteiger partial charge in [-0.3, -0.25) is 9.59 Å². The standard InChI is InChI=1S/C24H37ClO4/c1-24(2,3)29-23(27)18-14-9-7-5-4-6-8-13-17-22(26)28-21(25)19-20-15-11-10-12-16-20/h10-12,15-16,21H,4-9,13-14,17-19H2,1-3H3. The molecule has 0 fully saturated rings. The van der Waals surface area contributed by atoms with Crippen LogP contribution in [0, 0.1) is 0 Å². The van der Waals surface area contributed by atoms with Crippen LogP contribution in [0.2, 0.25) is 0 Å². The van der Waals surface area contributed by atoms with Crippen molar-refractivity contribution in [2.24, 2.45) is 0 Å². The Hall–Kier alpha value is -1.55. The molecule has 0 aromatic heterocycles. The number of alkyl halides is 1. The number of halogens is 1. The molecule has 1 unspecified atom stereocenters. The number of unbranched alkanes of at least 4 members (excludes halogenated alkanes) is 7. The van der Waals surface area contributed by atoms with Gasteiger partial charge >= 0.3 is 11.9 Å². The van der Waals surface area contributed by atoms with Crippen LogP contribution in [-0.2, 0) is 25.5 Å². The Morgan fingerprint density at radius 2 is 1.31 bits per heavy atom. The van der Waals surface area contributed by atoms with E-state index in [1.807, 2.05) is 51.1 Å². The van der Waals surface area contributed by atoms with E-state index in [9.17, 15) is 9.59 Å². The first-order valence-corrected chi connectivity index (χ1v) is 11.3. The normalized spacial score (nSPS) is 12.4. The van der Waals surface area contributed by atoms with E-state index in [0.717, 1.165) is 50.5 Å². The molecule has 1 rings (SSSR count). The Bertz CT molecular complexity index is 580. The summed E-state index contributed by atoms with van der Waals surface area (Å²) in [6.07, 6.45) is 9.86. The molecule has 1 aromatic rings. The van der Waals surface area contributed by atoms with Crippen LogP contribution in [0.4, 0.5) is 0 Å². The molecule has 0 heterocycles. The van der Waals surface area contributed by atoms with E-state index < -0.39 is 11.2 Å². The molecule has 0 aliphatic heterocycles. The second-order valence-corrected chi connectivity index (χ2v) is 8.99. The zero-order valence-corrected chi connectivity index (χ0v) is 19.0. The SMILES string of the molecule is CC(C)(C)OC(=O)CCCCCCCCCCC(=O)OC(Cl)Cc1ccccc1. The molecule has 1 atom stereocenters. The van der Waals surface area contributed by atoms with Gasteiger partial charge in [-0.15, -0.1) is 0 Å². The molecule has 5 heteroatoms. The fourth-order valence-electron chi connectivity index (χ4n) is 3.03. The first-order valence-electron chi connectivity index (χ1n) is 10.9. The minimum Gasteiger partial charge on any atom is -0.460 e. The average molecular weight is 425 g/mol. The highest BCUT2D eigenvalue weighted by atomic mass is 35.5. The predicted octanol–water partition coefficient (Wildman–Crippen LogP) is 6.58. The number of ether oxygens (including phenoxy) is 2. The van der Waals surface area contributed by atoms with Crippen molar-refractivity contribution < 1.29 is 19.1 Å². The van der Waals surface area contributed by atoms with Crippen LogP contribution in [-0.4, -0.2) is 23.1 Å². The fraction of sp³-hybridized carbons (Fsp3) is 0.667. The van der Waals surface area contributed by atoms with Gasteiger partial charge in [0.15, 0.2) is 5.56 Å². The number of hydrogen-bond donors (Lipinski definition) is 0. The van der Waals surface area contributed by atoms with Crippen molar-refractivity contribution in [3.63, 3.8) is 0 Å². The Labute approximate surface area is 181 Å². The van der Waals surface area contributed by atoms with Crippen LogP contribution in [0.15, 0.2) is 30.3 Å². The molecule has 0 aliphatic carbocycles. The van der Waals surface area contributed by atoms with Crippen molar-refractivity contribution in [2.75, 3.05) is 0 Å². The molecule has 0 bridgehead atoms. The van der Waals surface area contributed by atoms with Crippen LogP contribution in [0.1, 0.15) is 90.5 Å². The van der Waals surface area contributed by atoms with Gasteiger partial charge in [-0.25, -0.2) is 0 Å². The second kappa shape index (κ2) is 14.4. The number of carbonyl (C=O) groups excluding carboxylic acids is 2. The average Bonchev–Trinajstić information content (AvgIpc) is 2.62. The van der Waals surface area contributed by atoms with Crippen molar-refractivity contribution in [2.45, 2.75) is 103 Å². The van der Waals surface area contributed by atoms with E-state index in [4.69, 9.17) is 21.1 Å². The predicted molar refractivity (Wildman–Crippen MR) is 118 cm³/mol. The number of hydrogen-bond acceptors (Lipinski definition) is 4. The largest absolute Gasteiger partial charge is 0.460 e. The maximum atomic E-state index is 11.8. The summed E-state index contributed by atoms with van der Waals surface area (Å²) in [7, 11) is 0. The molecular formula is C24H37ClO4. The third-order valence-corrected chi connectivity index (χ3v) is 4.67. The number of rotatable bonds is 14. The molecule has 1 aromatic carbocycles. The van der Waals surface area contributed by atoms with Crippen molar-refractivity contribution in [3.8, 4) is 0 Å². The monoisotopic (exact) mass is 424 g/mol. The second-order valence-electron chi connectivity index (χ2n) is 8.50. The summed E-state index contributed by atoms with van der Waals surface area (Å²) in [5.41, 5.74) is 0.0628. The number of benzene rings is 1. The lowest BCUT2D eigenvalue weighted by atomic mass is 10.1. The molecular weight excluding hydrogens is 388 g/mol. The molecule has 29 heavy (non-hydrogen) atoms. The Balaban J connectivity index is 1.92. The first-order chi connectivity index (χ1) is 13.8. The van der Waals surface area contributed by atoms with Gasteiger partial charge in [-0.2, -0.15) is 0 Å². The lowest BCUT2D eigenvalue weighted by Gasteiger charge is -2.19. The number of esters is 2. The van der Waals surface area contributed by atoms with Gasteiger partial charge in [-0.1, -0.05) is 80.5 Å². The first kappa shape index (κ1) is 25.5. The molecule has 0 amide bonds. The van der Waals surface area contributed by atoms with Crippen molar-refractivity contribution >= 4 is 23.5 Å². The summed E-state index contributed by atoms with van der Waals surface area (Å²) >= 11 is 6.11. The molecule has 0 N–H and O–H groups in total. The van der Waals surface area contributed by atoms with E-state index >= 15 is 0 Å². The molecule has 0 aliphatic rings. The van der Waals surface area contributed by atoms with Gasteiger partial charge in [0.2, 0.25) is 0 Å². The van der Waals surface area contributed by atoms with E-state index in [1.54, 1.807) is 0 Å². The minimum absolute atomic E-state index is 0.104. The third kappa shape index (κ3) is 15.0. The fourth-order valence-corrected chi connectivity index (χ4v) is 3.31. The van der Waals surface area contributed by atoms with Crippen LogP contribution >= 0.6 is 11.6 Å². The van der Waals surface area contributed by atoms with E-state index in [1.165, 1.54) is 6.42 Å². The zero-order chi connectivity index (χ0) is 21.5. The van der Waals surface area contributed by atoms with Gasteiger partial charge < -0.3 is 9.47 Å². The van der Waals surface area contributed by atoms with Crippen LogP contribution in [0.5, 0.6) is 0 Å². The van der Waals surface area contributed by atoms with E-state index in [2.05, 4.69) is 0 Å². The van der Waals surface area contributed by atoms with Gasteiger partial charge in [0.05, 0.1) is 0 Å².